The van der Waals surface area contributed by atoms with E-state index in [0.717, 1.165) is 12.8 Å². The molecule has 0 spiro atoms. The number of rotatable bonds is 2. The first-order valence-corrected chi connectivity index (χ1v) is 8.50. The highest BCUT2D eigenvalue weighted by molar-refractivity contribution is 5.99. The Kier molecular flexibility index (Phi) is 4.85. The van der Waals surface area contributed by atoms with Gasteiger partial charge in [-0.25, -0.2) is 4.79 Å². The van der Waals surface area contributed by atoms with Gasteiger partial charge in [0.2, 0.25) is 0 Å². The molecule has 1 fully saturated rings. The van der Waals surface area contributed by atoms with Crippen molar-refractivity contribution < 1.29 is 23.8 Å². The molecule has 0 aromatic heterocycles. The van der Waals surface area contributed by atoms with E-state index in [9.17, 15) is 9.59 Å². The standard InChI is InChI=1S/C18H24N2O5/c1-18(2,3)25-17(22)19-12-4-5-15-14(10-12)20(16(21)11-24-15)13-6-8-23-9-7-13/h4-5,10,13H,6-9,11H2,1-3H3,(H,19,22). The molecule has 136 valence electrons. The second kappa shape index (κ2) is 6.92. The second-order valence-corrected chi connectivity index (χ2v) is 7.21. The van der Waals surface area contributed by atoms with Gasteiger partial charge in [0.05, 0.1) is 5.69 Å². The zero-order valence-electron chi connectivity index (χ0n) is 14.8. The van der Waals surface area contributed by atoms with Crippen LogP contribution in [0.4, 0.5) is 16.2 Å². The molecule has 0 radical (unpaired) electrons. The zero-order valence-corrected chi connectivity index (χ0v) is 14.8. The molecule has 7 nitrogen and oxygen atoms in total. The van der Waals surface area contributed by atoms with Crippen molar-refractivity contribution in [3.63, 3.8) is 0 Å². The summed E-state index contributed by atoms with van der Waals surface area (Å²) in [5.41, 5.74) is 0.658. The van der Waals surface area contributed by atoms with Gasteiger partial charge in [0.1, 0.15) is 11.4 Å². The predicted molar refractivity (Wildman–Crippen MR) is 93.1 cm³/mol. The van der Waals surface area contributed by atoms with Crippen LogP contribution in [0.15, 0.2) is 18.2 Å². The number of benzene rings is 1. The summed E-state index contributed by atoms with van der Waals surface area (Å²) in [6, 6.07) is 5.34. The van der Waals surface area contributed by atoms with E-state index >= 15 is 0 Å². The van der Waals surface area contributed by atoms with Crippen LogP contribution < -0.4 is 15.0 Å². The van der Waals surface area contributed by atoms with E-state index in [1.54, 1.807) is 43.9 Å². The van der Waals surface area contributed by atoms with Crippen molar-refractivity contribution in [3.05, 3.63) is 18.2 Å². The normalized spacial score (nSPS) is 18.4. The molecule has 1 aromatic carbocycles. The van der Waals surface area contributed by atoms with E-state index < -0.39 is 11.7 Å². The minimum Gasteiger partial charge on any atom is -0.482 e. The van der Waals surface area contributed by atoms with Crippen molar-refractivity contribution >= 4 is 23.4 Å². The van der Waals surface area contributed by atoms with Gasteiger partial charge >= 0.3 is 6.09 Å². The summed E-state index contributed by atoms with van der Waals surface area (Å²) < 4.78 is 16.2. The molecule has 2 aliphatic rings. The largest absolute Gasteiger partial charge is 0.482 e. The van der Waals surface area contributed by atoms with Gasteiger partial charge < -0.3 is 19.1 Å². The maximum atomic E-state index is 12.4. The average Bonchev–Trinajstić information content (AvgIpc) is 2.53. The molecule has 2 amide bonds. The van der Waals surface area contributed by atoms with E-state index in [1.165, 1.54) is 0 Å². The van der Waals surface area contributed by atoms with Crippen LogP contribution >= 0.6 is 0 Å². The monoisotopic (exact) mass is 348 g/mol. The van der Waals surface area contributed by atoms with Crippen molar-refractivity contribution in [2.24, 2.45) is 0 Å². The minimum atomic E-state index is -0.578. The summed E-state index contributed by atoms with van der Waals surface area (Å²) in [5.74, 6) is 0.564. The molecule has 1 saturated heterocycles. The van der Waals surface area contributed by atoms with Crippen LogP contribution in [-0.4, -0.2) is 43.5 Å². The Labute approximate surface area is 147 Å². The molecule has 7 heteroatoms. The predicted octanol–water partition coefficient (Wildman–Crippen LogP) is 2.94. The number of nitrogens with zero attached hydrogens (tertiary/aromatic N) is 1. The minimum absolute atomic E-state index is 0.0310. The fourth-order valence-corrected chi connectivity index (χ4v) is 3.01. The number of carbonyl (C=O) groups is 2. The van der Waals surface area contributed by atoms with Gasteiger partial charge in [-0.15, -0.1) is 0 Å². The maximum Gasteiger partial charge on any atom is 0.412 e. The molecule has 0 saturated carbocycles. The number of nitrogens with one attached hydrogen (secondary N) is 1. The van der Waals surface area contributed by atoms with Gasteiger partial charge in [0.15, 0.2) is 6.61 Å². The molecule has 2 heterocycles. The molecule has 0 unspecified atom stereocenters. The summed E-state index contributed by atoms with van der Waals surface area (Å²) in [6.45, 7) is 6.72. The van der Waals surface area contributed by atoms with Gasteiger partial charge in [0, 0.05) is 24.9 Å². The number of fused-ring (bicyclic) bond motifs is 1. The number of amides is 2. The highest BCUT2D eigenvalue weighted by Crippen LogP contribution is 2.37. The van der Waals surface area contributed by atoms with Crippen molar-refractivity contribution in [2.75, 3.05) is 30.0 Å². The number of carbonyl (C=O) groups excluding carboxylic acids is 2. The molecule has 25 heavy (non-hydrogen) atoms. The van der Waals surface area contributed by atoms with Gasteiger partial charge in [0.25, 0.3) is 5.91 Å². The summed E-state index contributed by atoms with van der Waals surface area (Å²) in [7, 11) is 0. The summed E-state index contributed by atoms with van der Waals surface area (Å²) in [6.07, 6.45) is 1.04. The lowest BCUT2D eigenvalue weighted by molar-refractivity contribution is -0.122. The van der Waals surface area contributed by atoms with Crippen molar-refractivity contribution in [2.45, 2.75) is 45.3 Å². The highest BCUT2D eigenvalue weighted by Gasteiger charge is 2.33. The fraction of sp³-hybridized carbons (Fsp3) is 0.556. The molecular formula is C18H24N2O5. The van der Waals surface area contributed by atoms with E-state index in [2.05, 4.69) is 5.32 Å². The fourth-order valence-electron chi connectivity index (χ4n) is 3.01. The van der Waals surface area contributed by atoms with Gasteiger partial charge in [-0.05, 0) is 51.8 Å². The quantitative estimate of drug-likeness (QED) is 0.889. The number of anilines is 2. The highest BCUT2D eigenvalue weighted by atomic mass is 16.6. The van der Waals surface area contributed by atoms with Crippen molar-refractivity contribution in [1.82, 2.24) is 0 Å². The first-order chi connectivity index (χ1) is 11.8. The molecular weight excluding hydrogens is 324 g/mol. The third kappa shape index (κ3) is 4.22. The Balaban J connectivity index is 1.82. The molecule has 3 rings (SSSR count). The van der Waals surface area contributed by atoms with E-state index in [4.69, 9.17) is 14.2 Å². The van der Waals surface area contributed by atoms with Crippen LogP contribution in [0.3, 0.4) is 0 Å². The maximum absolute atomic E-state index is 12.4. The van der Waals surface area contributed by atoms with Crippen LogP contribution in [-0.2, 0) is 14.3 Å². The SMILES string of the molecule is CC(C)(C)OC(=O)Nc1ccc2c(c1)N(C1CCOCC1)C(=O)CO2. The first kappa shape index (κ1) is 17.5. The molecule has 0 bridgehead atoms. The summed E-state index contributed by atoms with van der Waals surface area (Å²) in [4.78, 5) is 26.2. The number of ether oxygens (including phenoxy) is 3. The Morgan fingerprint density at radius 2 is 2.00 bits per heavy atom. The van der Waals surface area contributed by atoms with E-state index in [-0.39, 0.29) is 18.6 Å². The smallest absolute Gasteiger partial charge is 0.412 e. The second-order valence-electron chi connectivity index (χ2n) is 7.21. The third-order valence-electron chi connectivity index (χ3n) is 4.04. The molecule has 1 aromatic rings. The number of hydrogen-bond acceptors (Lipinski definition) is 5. The lowest BCUT2D eigenvalue weighted by Crippen LogP contribution is -2.48. The van der Waals surface area contributed by atoms with Crippen molar-refractivity contribution in [1.29, 1.82) is 0 Å². The summed E-state index contributed by atoms with van der Waals surface area (Å²) in [5, 5.41) is 2.71. The lowest BCUT2D eigenvalue weighted by atomic mass is 10.0. The molecule has 0 aliphatic carbocycles. The summed E-state index contributed by atoms with van der Waals surface area (Å²) >= 11 is 0. The zero-order chi connectivity index (χ0) is 18.0. The van der Waals surface area contributed by atoms with Crippen LogP contribution in [0.25, 0.3) is 0 Å². The Morgan fingerprint density at radius 1 is 1.28 bits per heavy atom. The topological polar surface area (TPSA) is 77.1 Å². The van der Waals surface area contributed by atoms with Gasteiger partial charge in [-0.2, -0.15) is 0 Å². The molecule has 1 N–H and O–H groups in total. The third-order valence-corrected chi connectivity index (χ3v) is 4.04. The van der Waals surface area contributed by atoms with Crippen molar-refractivity contribution in [3.8, 4) is 5.75 Å². The molecule has 2 aliphatic heterocycles. The van der Waals surface area contributed by atoms with Gasteiger partial charge in [-0.1, -0.05) is 0 Å². The molecule has 0 atom stereocenters. The first-order valence-electron chi connectivity index (χ1n) is 8.50. The van der Waals surface area contributed by atoms with Crippen LogP contribution in [0.5, 0.6) is 5.75 Å². The Hall–Kier alpha value is -2.28. The Bertz CT molecular complexity index is 662. The Morgan fingerprint density at radius 3 is 2.68 bits per heavy atom. The van der Waals surface area contributed by atoms with E-state index in [1.807, 2.05) is 0 Å². The lowest BCUT2D eigenvalue weighted by Gasteiger charge is -2.37. The average molecular weight is 348 g/mol. The van der Waals surface area contributed by atoms with Crippen LogP contribution in [0.2, 0.25) is 0 Å². The number of hydrogen-bond donors (Lipinski definition) is 1. The van der Waals surface area contributed by atoms with Gasteiger partial charge in [-0.3, -0.25) is 10.1 Å². The van der Waals surface area contributed by atoms with E-state index in [0.29, 0.717) is 30.3 Å². The van der Waals surface area contributed by atoms with Crippen LogP contribution in [0.1, 0.15) is 33.6 Å². The van der Waals surface area contributed by atoms with Crippen LogP contribution in [0, 0.1) is 0 Å².